The number of aryl methyl sites for hydroxylation is 2. The van der Waals surface area contributed by atoms with Gasteiger partial charge in [-0.05, 0) is 74.6 Å². The van der Waals surface area contributed by atoms with Gasteiger partial charge >= 0.3 is 5.97 Å². The first-order chi connectivity index (χ1) is 13.2. The number of nitrogens with zero attached hydrogens (tertiary/aromatic N) is 1. The van der Waals surface area contributed by atoms with Gasteiger partial charge in [0.25, 0.3) is 0 Å². The first kappa shape index (κ1) is 20.4. The quantitative estimate of drug-likeness (QED) is 0.563. The molecule has 1 aliphatic rings. The Morgan fingerprint density at radius 3 is 2.32 bits per heavy atom. The number of esters is 1. The molecule has 0 amide bonds. The third kappa shape index (κ3) is 3.91. The molecule has 0 bridgehead atoms. The summed E-state index contributed by atoms with van der Waals surface area (Å²) in [6, 6.07) is 8.16. The van der Waals surface area contributed by atoms with Gasteiger partial charge in [0, 0.05) is 13.1 Å². The number of rotatable bonds is 5. The van der Waals surface area contributed by atoms with Crippen LogP contribution in [0, 0.1) is 20.8 Å². The van der Waals surface area contributed by atoms with E-state index in [4.69, 9.17) is 9.47 Å². The summed E-state index contributed by atoms with van der Waals surface area (Å²) in [6.07, 6.45) is 1.66. The van der Waals surface area contributed by atoms with Gasteiger partial charge in [0.1, 0.15) is 16.4 Å². The number of methoxy groups -OCH3 is 1. The highest BCUT2D eigenvalue weighted by Gasteiger charge is 2.31. The zero-order chi connectivity index (χ0) is 20.5. The zero-order valence-electron chi connectivity index (χ0n) is 16.6. The van der Waals surface area contributed by atoms with Crippen LogP contribution in [-0.2, 0) is 10.0 Å². The average Bonchev–Trinajstić information content (AvgIpc) is 3.20. The highest BCUT2D eigenvalue weighted by molar-refractivity contribution is 7.89. The fraction of sp³-hybridized carbons (Fsp3) is 0.381. The lowest BCUT2D eigenvalue weighted by Gasteiger charge is -2.18. The number of hydrogen-bond acceptors (Lipinski definition) is 5. The van der Waals surface area contributed by atoms with E-state index in [1.807, 2.05) is 26.8 Å². The molecular weight excluding hydrogens is 378 g/mol. The predicted molar refractivity (Wildman–Crippen MR) is 107 cm³/mol. The standard InChI is InChI=1S/C21H25NO5S/c1-14-11-15(2)16(3)19(12-14)27-21(23)17-7-8-18(26-4)20(13-17)28(24,25)22-9-5-6-10-22/h7-8,11-13H,5-6,9-10H2,1-4H3. The number of carbonyl (C=O) groups is 1. The number of hydrogen-bond donors (Lipinski definition) is 0. The number of benzene rings is 2. The van der Waals surface area contributed by atoms with E-state index in [-0.39, 0.29) is 16.2 Å². The number of ether oxygens (including phenoxy) is 2. The smallest absolute Gasteiger partial charge is 0.343 e. The largest absolute Gasteiger partial charge is 0.495 e. The van der Waals surface area contributed by atoms with Gasteiger partial charge in [-0.2, -0.15) is 4.31 Å². The Labute approximate surface area is 166 Å². The molecule has 28 heavy (non-hydrogen) atoms. The van der Waals surface area contributed by atoms with Gasteiger partial charge in [0.2, 0.25) is 10.0 Å². The summed E-state index contributed by atoms with van der Waals surface area (Å²) >= 11 is 0. The lowest BCUT2D eigenvalue weighted by molar-refractivity contribution is 0.0733. The average molecular weight is 404 g/mol. The first-order valence-corrected chi connectivity index (χ1v) is 10.7. The molecule has 0 spiro atoms. The molecule has 2 aromatic carbocycles. The summed E-state index contributed by atoms with van der Waals surface area (Å²) in [6.45, 7) is 6.71. The van der Waals surface area contributed by atoms with Gasteiger partial charge in [0.05, 0.1) is 12.7 Å². The van der Waals surface area contributed by atoms with E-state index in [1.165, 1.54) is 29.6 Å². The van der Waals surface area contributed by atoms with E-state index < -0.39 is 16.0 Å². The molecule has 2 aromatic rings. The molecule has 0 unspecified atom stereocenters. The van der Waals surface area contributed by atoms with E-state index in [9.17, 15) is 13.2 Å². The Balaban J connectivity index is 1.96. The van der Waals surface area contributed by atoms with Crippen molar-refractivity contribution in [2.24, 2.45) is 0 Å². The summed E-state index contributed by atoms with van der Waals surface area (Å²) in [5.41, 5.74) is 3.04. The second-order valence-electron chi connectivity index (χ2n) is 7.07. The monoisotopic (exact) mass is 403 g/mol. The van der Waals surface area contributed by atoms with Gasteiger partial charge < -0.3 is 9.47 Å². The highest BCUT2D eigenvalue weighted by Crippen LogP contribution is 2.31. The van der Waals surface area contributed by atoms with Gasteiger partial charge in [-0.1, -0.05) is 6.07 Å². The van der Waals surface area contributed by atoms with Crippen molar-refractivity contribution in [3.8, 4) is 11.5 Å². The Morgan fingerprint density at radius 2 is 1.68 bits per heavy atom. The summed E-state index contributed by atoms with van der Waals surface area (Å²) < 4.78 is 38.2. The summed E-state index contributed by atoms with van der Waals surface area (Å²) in [4.78, 5) is 12.7. The van der Waals surface area contributed by atoms with Crippen LogP contribution in [0.1, 0.15) is 39.9 Å². The molecule has 0 aromatic heterocycles. The van der Waals surface area contributed by atoms with Crippen molar-refractivity contribution >= 4 is 16.0 Å². The normalized spacial score (nSPS) is 14.9. The fourth-order valence-electron chi connectivity index (χ4n) is 3.34. The van der Waals surface area contributed by atoms with Gasteiger partial charge in [-0.25, -0.2) is 13.2 Å². The minimum absolute atomic E-state index is 0.0107. The van der Waals surface area contributed by atoms with E-state index >= 15 is 0 Å². The lowest BCUT2D eigenvalue weighted by Crippen LogP contribution is -2.28. The maximum Gasteiger partial charge on any atom is 0.343 e. The molecular formula is C21H25NO5S. The van der Waals surface area contributed by atoms with Crippen LogP contribution in [0.2, 0.25) is 0 Å². The highest BCUT2D eigenvalue weighted by atomic mass is 32.2. The Hall–Kier alpha value is -2.38. The van der Waals surface area contributed by atoms with Crippen LogP contribution in [0.5, 0.6) is 11.5 Å². The minimum Gasteiger partial charge on any atom is -0.495 e. The van der Waals surface area contributed by atoms with Crippen LogP contribution in [0.25, 0.3) is 0 Å². The third-order valence-corrected chi connectivity index (χ3v) is 6.97. The molecule has 3 rings (SSSR count). The second-order valence-corrected chi connectivity index (χ2v) is 8.98. The third-order valence-electron chi connectivity index (χ3n) is 5.05. The number of sulfonamides is 1. The second kappa shape index (κ2) is 7.93. The van der Waals surface area contributed by atoms with Crippen LogP contribution >= 0.6 is 0 Å². The SMILES string of the molecule is COc1ccc(C(=O)Oc2cc(C)cc(C)c2C)cc1S(=O)(=O)N1CCCC1. The maximum absolute atomic E-state index is 13.0. The molecule has 1 heterocycles. The van der Waals surface area contributed by atoms with Crippen molar-refractivity contribution in [3.63, 3.8) is 0 Å². The van der Waals surface area contributed by atoms with Gasteiger partial charge in [-0.15, -0.1) is 0 Å². The lowest BCUT2D eigenvalue weighted by atomic mass is 10.1. The summed E-state index contributed by atoms with van der Waals surface area (Å²) in [7, 11) is -2.32. The molecule has 1 saturated heterocycles. The van der Waals surface area contributed by atoms with Crippen LogP contribution in [0.15, 0.2) is 35.2 Å². The summed E-state index contributed by atoms with van der Waals surface area (Å²) in [5.74, 6) is 0.0851. The molecule has 7 heteroatoms. The molecule has 0 N–H and O–H groups in total. The molecule has 1 aliphatic heterocycles. The molecule has 0 radical (unpaired) electrons. The minimum atomic E-state index is -3.73. The number of carbonyl (C=O) groups excluding carboxylic acids is 1. The molecule has 150 valence electrons. The summed E-state index contributed by atoms with van der Waals surface area (Å²) in [5, 5.41) is 0. The van der Waals surface area contributed by atoms with E-state index in [0.29, 0.717) is 18.8 Å². The van der Waals surface area contributed by atoms with Crippen LogP contribution < -0.4 is 9.47 Å². The molecule has 6 nitrogen and oxygen atoms in total. The van der Waals surface area contributed by atoms with E-state index in [1.54, 1.807) is 6.07 Å². The topological polar surface area (TPSA) is 72.9 Å². The van der Waals surface area contributed by atoms with Gasteiger partial charge in [0.15, 0.2) is 0 Å². The molecule has 0 aliphatic carbocycles. The van der Waals surface area contributed by atoms with Crippen molar-refractivity contribution < 1.29 is 22.7 Å². The van der Waals surface area contributed by atoms with Crippen LogP contribution in [0.3, 0.4) is 0 Å². The zero-order valence-corrected chi connectivity index (χ0v) is 17.4. The Bertz CT molecular complexity index is 1010. The predicted octanol–water partition coefficient (Wildman–Crippen LogP) is 3.62. The Morgan fingerprint density at radius 1 is 1.00 bits per heavy atom. The van der Waals surface area contributed by atoms with Crippen molar-refractivity contribution in [3.05, 3.63) is 52.6 Å². The molecule has 0 atom stereocenters. The van der Waals surface area contributed by atoms with Gasteiger partial charge in [-0.3, -0.25) is 0 Å². The Kier molecular flexibility index (Phi) is 5.76. The van der Waals surface area contributed by atoms with Crippen molar-refractivity contribution in [2.75, 3.05) is 20.2 Å². The fourth-order valence-corrected chi connectivity index (χ4v) is 5.04. The van der Waals surface area contributed by atoms with E-state index in [2.05, 4.69) is 0 Å². The maximum atomic E-state index is 13.0. The van der Waals surface area contributed by atoms with Crippen molar-refractivity contribution in [2.45, 2.75) is 38.5 Å². The van der Waals surface area contributed by atoms with Crippen molar-refractivity contribution in [1.29, 1.82) is 0 Å². The van der Waals surface area contributed by atoms with Crippen molar-refractivity contribution in [1.82, 2.24) is 4.31 Å². The van der Waals surface area contributed by atoms with Crippen LogP contribution in [-0.4, -0.2) is 38.9 Å². The molecule has 0 saturated carbocycles. The molecule has 1 fully saturated rings. The first-order valence-electron chi connectivity index (χ1n) is 9.22. The van der Waals surface area contributed by atoms with Crippen LogP contribution in [0.4, 0.5) is 0 Å². The van der Waals surface area contributed by atoms with E-state index in [0.717, 1.165) is 29.5 Å².